The largest absolute Gasteiger partial charge is 0.497 e. The lowest BCUT2D eigenvalue weighted by molar-refractivity contribution is -0.384. The monoisotopic (exact) mass is 268 g/mol. The van der Waals surface area contributed by atoms with E-state index in [1.54, 1.807) is 12.3 Å². The lowest BCUT2D eigenvalue weighted by atomic mass is 10.1. The van der Waals surface area contributed by atoms with Gasteiger partial charge >= 0.3 is 0 Å². The maximum absolute atomic E-state index is 10.7. The van der Waals surface area contributed by atoms with Crippen LogP contribution in [-0.2, 0) is 4.74 Å². The molecule has 96 valence electrons. The van der Waals surface area contributed by atoms with Crippen LogP contribution in [0.5, 0.6) is 0 Å². The predicted molar refractivity (Wildman–Crippen MR) is 69.8 cm³/mol. The summed E-state index contributed by atoms with van der Waals surface area (Å²) in [5.74, 6) is 0. The van der Waals surface area contributed by atoms with Crippen LogP contribution in [0.2, 0.25) is 5.02 Å². The number of hydrogen-bond acceptors (Lipinski definition) is 4. The maximum Gasteiger partial charge on any atom is 0.289 e. The Morgan fingerprint density at radius 3 is 3.06 bits per heavy atom. The van der Waals surface area contributed by atoms with Gasteiger partial charge in [0.25, 0.3) is 5.69 Å². The van der Waals surface area contributed by atoms with Gasteiger partial charge in [-0.15, -0.1) is 0 Å². The summed E-state index contributed by atoms with van der Waals surface area (Å²) in [6.07, 6.45) is 5.71. The number of halogens is 1. The number of rotatable bonds is 4. The fourth-order valence-electron chi connectivity index (χ4n) is 1.73. The van der Waals surface area contributed by atoms with Crippen molar-refractivity contribution in [2.24, 2.45) is 0 Å². The minimum absolute atomic E-state index is 0.0916. The summed E-state index contributed by atoms with van der Waals surface area (Å²) in [7, 11) is 0. The Morgan fingerprint density at radius 2 is 2.39 bits per heavy atom. The van der Waals surface area contributed by atoms with Gasteiger partial charge in [0, 0.05) is 11.8 Å². The van der Waals surface area contributed by atoms with Crippen molar-refractivity contribution in [1.29, 1.82) is 0 Å². The van der Waals surface area contributed by atoms with Crippen LogP contribution in [0.25, 0.3) is 0 Å². The lowest BCUT2D eigenvalue weighted by Gasteiger charge is -2.20. The molecule has 0 saturated heterocycles. The summed E-state index contributed by atoms with van der Waals surface area (Å²) in [6, 6.07) is 4.67. The molecule has 1 aliphatic rings. The first-order chi connectivity index (χ1) is 8.66. The van der Waals surface area contributed by atoms with E-state index >= 15 is 0 Å². The summed E-state index contributed by atoms with van der Waals surface area (Å²) in [5, 5.41) is 14.0. The van der Waals surface area contributed by atoms with Gasteiger partial charge in [-0.25, -0.2) is 0 Å². The van der Waals surface area contributed by atoms with Gasteiger partial charge in [0.1, 0.15) is 11.1 Å². The standard InChI is InChI=1S/C12H13ClN2O3/c13-11-5-4-9(7-12(11)15(16)17)14-8-10-3-1-2-6-18-10/h2,4-7,10,14H,1,3,8H2. The first kappa shape index (κ1) is 12.7. The number of allylic oxidation sites excluding steroid dienone is 1. The molecule has 0 amide bonds. The number of nitro groups is 1. The van der Waals surface area contributed by atoms with Gasteiger partial charge in [0.15, 0.2) is 0 Å². The number of nitrogens with one attached hydrogen (secondary N) is 1. The topological polar surface area (TPSA) is 64.4 Å². The average molecular weight is 269 g/mol. The highest BCUT2D eigenvalue weighted by Gasteiger charge is 2.14. The van der Waals surface area contributed by atoms with Crippen LogP contribution in [0.3, 0.4) is 0 Å². The molecule has 0 bridgehead atoms. The fourth-order valence-corrected chi connectivity index (χ4v) is 1.92. The zero-order valence-electron chi connectivity index (χ0n) is 9.64. The second-order valence-corrected chi connectivity index (χ2v) is 4.42. The van der Waals surface area contributed by atoms with E-state index in [2.05, 4.69) is 5.32 Å². The highest BCUT2D eigenvalue weighted by atomic mass is 35.5. The van der Waals surface area contributed by atoms with Crippen LogP contribution < -0.4 is 5.32 Å². The molecular formula is C12H13ClN2O3. The Hall–Kier alpha value is -1.75. The van der Waals surface area contributed by atoms with Gasteiger partial charge in [-0.3, -0.25) is 10.1 Å². The molecular weight excluding hydrogens is 256 g/mol. The Labute approximate surface area is 110 Å². The van der Waals surface area contributed by atoms with Crippen LogP contribution >= 0.6 is 11.6 Å². The smallest absolute Gasteiger partial charge is 0.289 e. The van der Waals surface area contributed by atoms with Crippen LogP contribution in [0.15, 0.2) is 30.5 Å². The van der Waals surface area contributed by atoms with Crippen molar-refractivity contribution in [1.82, 2.24) is 0 Å². The normalized spacial score (nSPS) is 18.2. The van der Waals surface area contributed by atoms with Crippen LogP contribution in [0, 0.1) is 10.1 Å². The molecule has 6 heteroatoms. The highest BCUT2D eigenvalue weighted by Crippen LogP contribution is 2.27. The number of nitrogens with zero attached hydrogens (tertiary/aromatic N) is 1. The van der Waals surface area contributed by atoms with Gasteiger partial charge in [-0.1, -0.05) is 11.6 Å². The first-order valence-electron chi connectivity index (χ1n) is 5.65. The number of benzene rings is 1. The molecule has 1 aliphatic heterocycles. The van der Waals surface area contributed by atoms with E-state index in [9.17, 15) is 10.1 Å². The van der Waals surface area contributed by atoms with Crippen molar-refractivity contribution in [3.8, 4) is 0 Å². The summed E-state index contributed by atoms with van der Waals surface area (Å²) in [5.41, 5.74) is 0.579. The van der Waals surface area contributed by atoms with Crippen molar-refractivity contribution in [3.05, 3.63) is 45.7 Å². The van der Waals surface area contributed by atoms with Gasteiger partial charge in [-0.2, -0.15) is 0 Å². The SMILES string of the molecule is O=[N+]([O-])c1cc(NCC2CCC=CO2)ccc1Cl. The van der Waals surface area contributed by atoms with E-state index in [0.717, 1.165) is 12.8 Å². The minimum atomic E-state index is -0.493. The Bertz CT molecular complexity index is 476. The van der Waals surface area contributed by atoms with E-state index in [4.69, 9.17) is 16.3 Å². The molecule has 0 spiro atoms. The number of nitro benzene ring substituents is 1. The summed E-state index contributed by atoms with van der Waals surface area (Å²) in [6.45, 7) is 0.614. The fraction of sp³-hybridized carbons (Fsp3) is 0.333. The van der Waals surface area contributed by atoms with Gasteiger partial charge in [0.2, 0.25) is 0 Å². The predicted octanol–water partition coefficient (Wildman–Crippen LogP) is 3.35. The number of ether oxygens (including phenoxy) is 1. The number of hydrogen-bond donors (Lipinski definition) is 1. The molecule has 0 saturated carbocycles. The zero-order valence-corrected chi connectivity index (χ0v) is 10.4. The molecule has 0 aromatic heterocycles. The maximum atomic E-state index is 10.7. The molecule has 0 fully saturated rings. The van der Waals surface area contributed by atoms with Crippen molar-refractivity contribution < 1.29 is 9.66 Å². The molecule has 1 N–H and O–H groups in total. The van der Waals surface area contributed by atoms with Gasteiger partial charge in [-0.05, 0) is 31.1 Å². The van der Waals surface area contributed by atoms with Crippen molar-refractivity contribution in [2.45, 2.75) is 18.9 Å². The quantitative estimate of drug-likeness (QED) is 0.672. The molecule has 2 rings (SSSR count). The van der Waals surface area contributed by atoms with E-state index in [0.29, 0.717) is 12.2 Å². The van der Waals surface area contributed by atoms with Crippen LogP contribution in [0.4, 0.5) is 11.4 Å². The van der Waals surface area contributed by atoms with Crippen molar-refractivity contribution >= 4 is 23.0 Å². The molecule has 1 unspecified atom stereocenters. The second-order valence-electron chi connectivity index (χ2n) is 4.01. The number of anilines is 1. The van der Waals surface area contributed by atoms with E-state index in [1.165, 1.54) is 12.1 Å². The molecule has 18 heavy (non-hydrogen) atoms. The summed E-state index contributed by atoms with van der Waals surface area (Å²) < 4.78 is 5.40. The Balaban J connectivity index is 1.99. The summed E-state index contributed by atoms with van der Waals surface area (Å²) >= 11 is 5.74. The molecule has 0 aliphatic carbocycles. The molecule has 1 atom stereocenters. The Kier molecular flexibility index (Phi) is 4.04. The highest BCUT2D eigenvalue weighted by molar-refractivity contribution is 6.32. The molecule has 0 radical (unpaired) electrons. The van der Waals surface area contributed by atoms with E-state index in [-0.39, 0.29) is 16.8 Å². The molecule has 1 heterocycles. The van der Waals surface area contributed by atoms with Crippen LogP contribution in [0.1, 0.15) is 12.8 Å². The van der Waals surface area contributed by atoms with Crippen molar-refractivity contribution in [2.75, 3.05) is 11.9 Å². The summed E-state index contributed by atoms with van der Waals surface area (Å²) in [4.78, 5) is 10.2. The Morgan fingerprint density at radius 1 is 1.56 bits per heavy atom. The molecule has 1 aromatic carbocycles. The second kappa shape index (κ2) is 5.73. The zero-order chi connectivity index (χ0) is 13.0. The minimum Gasteiger partial charge on any atom is -0.497 e. The lowest BCUT2D eigenvalue weighted by Crippen LogP contribution is -2.22. The van der Waals surface area contributed by atoms with E-state index in [1.807, 2.05) is 6.08 Å². The van der Waals surface area contributed by atoms with E-state index < -0.39 is 4.92 Å². The third kappa shape index (κ3) is 3.13. The van der Waals surface area contributed by atoms with Gasteiger partial charge in [0.05, 0.1) is 17.7 Å². The van der Waals surface area contributed by atoms with Crippen molar-refractivity contribution in [3.63, 3.8) is 0 Å². The van der Waals surface area contributed by atoms with Gasteiger partial charge < -0.3 is 10.1 Å². The third-order valence-electron chi connectivity index (χ3n) is 2.70. The first-order valence-corrected chi connectivity index (χ1v) is 6.03. The van der Waals surface area contributed by atoms with Crippen LogP contribution in [-0.4, -0.2) is 17.6 Å². The average Bonchev–Trinajstić information content (AvgIpc) is 2.38. The third-order valence-corrected chi connectivity index (χ3v) is 3.02. The molecule has 5 nitrogen and oxygen atoms in total. The molecule has 1 aromatic rings.